The molecule has 158 valence electrons. The van der Waals surface area contributed by atoms with E-state index in [-0.39, 0.29) is 23.2 Å². The van der Waals surface area contributed by atoms with Crippen LogP contribution in [0.1, 0.15) is 24.3 Å². The Morgan fingerprint density at radius 2 is 1.76 bits per heavy atom. The standard InChI is InChI=1S/C19H24N4O4S.ClH/c1-15-13-16(20-27-15)14-21-9-11-22(12-10-21)28(25,26)18-6-4-17(5-7-18)23-8-2-3-19(23)24;/h4-7,13H,2-3,8-12,14H2,1H3;1H. The van der Waals surface area contributed by atoms with Crippen molar-refractivity contribution in [2.45, 2.75) is 31.2 Å². The molecule has 2 aliphatic heterocycles. The number of anilines is 1. The van der Waals surface area contributed by atoms with E-state index >= 15 is 0 Å². The zero-order valence-corrected chi connectivity index (χ0v) is 17.9. The number of amides is 1. The fourth-order valence-corrected chi connectivity index (χ4v) is 5.14. The van der Waals surface area contributed by atoms with Crippen LogP contribution in [0.3, 0.4) is 0 Å². The van der Waals surface area contributed by atoms with Crippen LogP contribution < -0.4 is 4.90 Å². The van der Waals surface area contributed by atoms with Crippen LogP contribution in [0, 0.1) is 6.92 Å². The first-order chi connectivity index (χ1) is 13.4. The minimum absolute atomic E-state index is 0. The highest BCUT2D eigenvalue weighted by molar-refractivity contribution is 7.89. The summed E-state index contributed by atoms with van der Waals surface area (Å²) in [6, 6.07) is 8.54. The maximum atomic E-state index is 13.0. The molecule has 29 heavy (non-hydrogen) atoms. The number of piperazine rings is 1. The van der Waals surface area contributed by atoms with Gasteiger partial charge in [-0.15, -0.1) is 12.4 Å². The van der Waals surface area contributed by atoms with Crippen molar-refractivity contribution in [1.82, 2.24) is 14.4 Å². The van der Waals surface area contributed by atoms with Crippen molar-refractivity contribution in [3.8, 4) is 0 Å². The first-order valence-electron chi connectivity index (χ1n) is 9.48. The summed E-state index contributed by atoms with van der Waals surface area (Å²) in [6.07, 6.45) is 1.40. The average Bonchev–Trinajstić information content (AvgIpc) is 3.30. The Labute approximate surface area is 176 Å². The number of hydrogen-bond donors (Lipinski definition) is 0. The molecule has 4 rings (SSSR count). The van der Waals surface area contributed by atoms with Crippen LogP contribution in [-0.4, -0.2) is 61.4 Å². The Morgan fingerprint density at radius 3 is 2.31 bits per heavy atom. The Kier molecular flexibility index (Phi) is 6.62. The molecular weight excluding hydrogens is 416 g/mol. The predicted molar refractivity (Wildman–Crippen MR) is 111 cm³/mol. The molecule has 2 saturated heterocycles. The Bertz CT molecular complexity index is 953. The third kappa shape index (κ3) is 4.63. The molecule has 8 nitrogen and oxygen atoms in total. The Hall–Kier alpha value is -1.94. The smallest absolute Gasteiger partial charge is 0.243 e. The number of nitrogens with zero attached hydrogens (tertiary/aromatic N) is 4. The van der Waals surface area contributed by atoms with Gasteiger partial charge in [0.15, 0.2) is 0 Å². The number of hydrogen-bond acceptors (Lipinski definition) is 6. The minimum Gasteiger partial charge on any atom is -0.361 e. The van der Waals surface area contributed by atoms with Gasteiger partial charge in [-0.2, -0.15) is 4.31 Å². The monoisotopic (exact) mass is 440 g/mol. The molecule has 1 amide bonds. The second kappa shape index (κ2) is 8.83. The number of aromatic nitrogens is 1. The third-order valence-electron chi connectivity index (χ3n) is 5.25. The van der Waals surface area contributed by atoms with Gasteiger partial charge in [-0.25, -0.2) is 8.42 Å². The number of rotatable bonds is 5. The van der Waals surface area contributed by atoms with E-state index in [1.807, 2.05) is 13.0 Å². The van der Waals surface area contributed by atoms with Gasteiger partial charge in [-0.05, 0) is 37.6 Å². The van der Waals surface area contributed by atoms with E-state index in [4.69, 9.17) is 4.52 Å². The number of sulfonamides is 1. The molecule has 0 atom stereocenters. The molecule has 0 radical (unpaired) electrons. The minimum atomic E-state index is -3.54. The van der Waals surface area contributed by atoms with Gasteiger partial charge < -0.3 is 9.42 Å². The van der Waals surface area contributed by atoms with Gasteiger partial charge in [0.05, 0.1) is 10.6 Å². The van der Waals surface area contributed by atoms with Gasteiger partial charge >= 0.3 is 0 Å². The molecule has 2 aromatic rings. The molecule has 0 saturated carbocycles. The van der Waals surface area contributed by atoms with Crippen molar-refractivity contribution in [3.05, 3.63) is 41.8 Å². The Balaban J connectivity index is 0.00000240. The summed E-state index contributed by atoms with van der Waals surface area (Å²) in [5, 5.41) is 3.99. The van der Waals surface area contributed by atoms with Gasteiger partial charge in [-0.3, -0.25) is 9.69 Å². The first-order valence-corrected chi connectivity index (χ1v) is 10.9. The van der Waals surface area contributed by atoms with Crippen LogP contribution in [0.5, 0.6) is 0 Å². The van der Waals surface area contributed by atoms with Crippen LogP contribution in [0.2, 0.25) is 0 Å². The first kappa shape index (κ1) is 21.8. The van der Waals surface area contributed by atoms with Crippen molar-refractivity contribution in [2.24, 2.45) is 0 Å². The molecule has 1 aromatic heterocycles. The summed E-state index contributed by atoms with van der Waals surface area (Å²) in [7, 11) is -3.54. The quantitative estimate of drug-likeness (QED) is 0.707. The number of carbonyl (C=O) groups is 1. The molecule has 0 aliphatic carbocycles. The van der Waals surface area contributed by atoms with Crippen LogP contribution in [-0.2, 0) is 21.4 Å². The normalized spacial score (nSPS) is 18.8. The number of carbonyl (C=O) groups excluding carboxylic acids is 1. The largest absolute Gasteiger partial charge is 0.361 e. The van der Waals surface area contributed by atoms with Crippen LogP contribution in [0.15, 0.2) is 39.8 Å². The summed E-state index contributed by atoms with van der Waals surface area (Å²) in [5.74, 6) is 0.865. The molecule has 0 spiro atoms. The molecule has 0 N–H and O–H groups in total. The lowest BCUT2D eigenvalue weighted by molar-refractivity contribution is -0.117. The van der Waals surface area contributed by atoms with E-state index in [9.17, 15) is 13.2 Å². The number of halogens is 1. The summed E-state index contributed by atoms with van der Waals surface area (Å²) in [4.78, 5) is 16.0. The fraction of sp³-hybridized carbons (Fsp3) is 0.474. The molecule has 2 fully saturated rings. The predicted octanol–water partition coefficient (Wildman–Crippen LogP) is 2.04. The number of benzene rings is 1. The molecule has 10 heteroatoms. The van der Waals surface area contributed by atoms with E-state index in [2.05, 4.69) is 10.1 Å². The topological polar surface area (TPSA) is 87.0 Å². The van der Waals surface area contributed by atoms with E-state index in [0.29, 0.717) is 45.7 Å². The lowest BCUT2D eigenvalue weighted by atomic mass is 10.3. The van der Waals surface area contributed by atoms with E-state index < -0.39 is 10.0 Å². The van der Waals surface area contributed by atoms with Gasteiger partial charge in [-0.1, -0.05) is 5.16 Å². The molecule has 3 heterocycles. The highest BCUT2D eigenvalue weighted by atomic mass is 35.5. The van der Waals surface area contributed by atoms with Gasteiger partial charge in [0.25, 0.3) is 0 Å². The van der Waals surface area contributed by atoms with Crippen molar-refractivity contribution < 1.29 is 17.7 Å². The average molecular weight is 441 g/mol. The summed E-state index contributed by atoms with van der Waals surface area (Å²) in [6.45, 7) is 5.36. The zero-order valence-electron chi connectivity index (χ0n) is 16.3. The lowest BCUT2D eigenvalue weighted by Crippen LogP contribution is -2.48. The summed E-state index contributed by atoms with van der Waals surface area (Å²) < 4.78 is 32.5. The molecule has 2 aliphatic rings. The molecular formula is C19H25ClN4O4S. The van der Waals surface area contributed by atoms with Crippen LogP contribution >= 0.6 is 12.4 Å². The van der Waals surface area contributed by atoms with Gasteiger partial charge in [0.2, 0.25) is 15.9 Å². The zero-order chi connectivity index (χ0) is 19.7. The maximum absolute atomic E-state index is 13.0. The van der Waals surface area contributed by atoms with Crippen molar-refractivity contribution >= 4 is 34.0 Å². The third-order valence-corrected chi connectivity index (χ3v) is 7.17. The van der Waals surface area contributed by atoms with Crippen LogP contribution in [0.25, 0.3) is 0 Å². The van der Waals surface area contributed by atoms with E-state index in [0.717, 1.165) is 23.6 Å². The highest BCUT2D eigenvalue weighted by Crippen LogP contribution is 2.25. The van der Waals surface area contributed by atoms with Gasteiger partial charge in [0.1, 0.15) is 5.76 Å². The van der Waals surface area contributed by atoms with Crippen molar-refractivity contribution in [3.63, 3.8) is 0 Å². The SMILES string of the molecule is Cc1cc(CN2CCN(S(=O)(=O)c3ccc(N4CCCC4=O)cc3)CC2)no1.Cl. The second-order valence-corrected chi connectivity index (χ2v) is 9.19. The highest BCUT2D eigenvalue weighted by Gasteiger charge is 2.29. The van der Waals surface area contributed by atoms with Gasteiger partial charge in [0, 0.05) is 57.4 Å². The van der Waals surface area contributed by atoms with Crippen molar-refractivity contribution in [2.75, 3.05) is 37.6 Å². The fourth-order valence-electron chi connectivity index (χ4n) is 3.72. The van der Waals surface area contributed by atoms with Crippen molar-refractivity contribution in [1.29, 1.82) is 0 Å². The van der Waals surface area contributed by atoms with Crippen LogP contribution in [0.4, 0.5) is 5.69 Å². The number of aryl methyl sites for hydroxylation is 1. The Morgan fingerprint density at radius 1 is 1.07 bits per heavy atom. The molecule has 0 unspecified atom stereocenters. The molecule has 1 aromatic carbocycles. The summed E-state index contributed by atoms with van der Waals surface area (Å²) in [5.41, 5.74) is 1.62. The van der Waals surface area contributed by atoms with E-state index in [1.165, 1.54) is 4.31 Å². The second-order valence-electron chi connectivity index (χ2n) is 7.25. The maximum Gasteiger partial charge on any atom is 0.243 e. The van der Waals surface area contributed by atoms with E-state index in [1.54, 1.807) is 29.2 Å². The summed E-state index contributed by atoms with van der Waals surface area (Å²) >= 11 is 0. The lowest BCUT2D eigenvalue weighted by Gasteiger charge is -2.33. The molecule has 0 bridgehead atoms.